The zero-order chi connectivity index (χ0) is 27.9. The van der Waals surface area contributed by atoms with Crippen molar-refractivity contribution >= 4 is 32.3 Å². The quantitative estimate of drug-likeness (QED) is 0.211. The van der Waals surface area contributed by atoms with E-state index in [0.29, 0.717) is 5.82 Å². The second-order valence-corrected chi connectivity index (χ2v) is 10.5. The van der Waals surface area contributed by atoms with Gasteiger partial charge in [0.1, 0.15) is 0 Å². The lowest BCUT2D eigenvalue weighted by molar-refractivity contribution is 1.17. The molecular formula is C39H25N3. The van der Waals surface area contributed by atoms with Gasteiger partial charge in [-0.1, -0.05) is 133 Å². The Kier molecular flexibility index (Phi) is 5.79. The van der Waals surface area contributed by atoms with Crippen molar-refractivity contribution in [3.8, 4) is 45.3 Å². The lowest BCUT2D eigenvalue weighted by Crippen LogP contribution is -1.98. The van der Waals surface area contributed by atoms with E-state index in [-0.39, 0.29) is 0 Å². The SMILES string of the molecule is c1ccc(-c2cccc(-c3cc(-c4ccccc4)nc(-c4cccc5ccc6ccc7ccccc7c6c45)n3)n2)cc1. The molecule has 0 fully saturated rings. The summed E-state index contributed by atoms with van der Waals surface area (Å²) in [6.07, 6.45) is 0. The van der Waals surface area contributed by atoms with Crippen molar-refractivity contribution in [2.24, 2.45) is 0 Å². The number of hydrogen-bond acceptors (Lipinski definition) is 3. The monoisotopic (exact) mass is 535 g/mol. The minimum absolute atomic E-state index is 0.685. The average molecular weight is 536 g/mol. The number of hydrogen-bond donors (Lipinski definition) is 0. The molecule has 0 saturated carbocycles. The van der Waals surface area contributed by atoms with E-state index in [1.165, 1.54) is 21.5 Å². The van der Waals surface area contributed by atoms with Crippen LogP contribution in [0.15, 0.2) is 152 Å². The molecule has 42 heavy (non-hydrogen) atoms. The van der Waals surface area contributed by atoms with Crippen LogP contribution in [0.4, 0.5) is 0 Å². The van der Waals surface area contributed by atoms with Crippen LogP contribution in [-0.2, 0) is 0 Å². The van der Waals surface area contributed by atoms with E-state index in [1.54, 1.807) is 0 Å². The van der Waals surface area contributed by atoms with Crippen molar-refractivity contribution in [2.45, 2.75) is 0 Å². The Morgan fingerprint density at radius 3 is 1.69 bits per heavy atom. The van der Waals surface area contributed by atoms with Crippen LogP contribution in [0.3, 0.4) is 0 Å². The summed E-state index contributed by atoms with van der Waals surface area (Å²) in [4.78, 5) is 15.4. The summed E-state index contributed by atoms with van der Waals surface area (Å²) in [5, 5.41) is 7.19. The number of aromatic nitrogens is 3. The van der Waals surface area contributed by atoms with Gasteiger partial charge in [0.05, 0.1) is 22.8 Å². The van der Waals surface area contributed by atoms with Gasteiger partial charge in [-0.3, -0.25) is 0 Å². The summed E-state index contributed by atoms with van der Waals surface area (Å²) >= 11 is 0. The number of rotatable bonds is 4. The Morgan fingerprint density at radius 2 is 0.905 bits per heavy atom. The van der Waals surface area contributed by atoms with Crippen molar-refractivity contribution in [1.82, 2.24) is 15.0 Å². The Bertz CT molecular complexity index is 2230. The van der Waals surface area contributed by atoms with Crippen molar-refractivity contribution in [1.29, 1.82) is 0 Å². The van der Waals surface area contributed by atoms with Gasteiger partial charge < -0.3 is 0 Å². The van der Waals surface area contributed by atoms with E-state index in [1.807, 2.05) is 54.6 Å². The van der Waals surface area contributed by atoms with Crippen LogP contribution in [0.2, 0.25) is 0 Å². The Balaban J connectivity index is 1.42. The van der Waals surface area contributed by atoms with E-state index < -0.39 is 0 Å². The predicted molar refractivity (Wildman–Crippen MR) is 174 cm³/mol. The first-order valence-electron chi connectivity index (χ1n) is 14.1. The highest BCUT2D eigenvalue weighted by atomic mass is 14.9. The number of pyridine rings is 1. The van der Waals surface area contributed by atoms with Gasteiger partial charge in [-0.2, -0.15) is 0 Å². The van der Waals surface area contributed by atoms with Gasteiger partial charge in [-0.25, -0.2) is 15.0 Å². The van der Waals surface area contributed by atoms with Crippen LogP contribution in [0.5, 0.6) is 0 Å². The van der Waals surface area contributed by atoms with Gasteiger partial charge in [0.15, 0.2) is 5.82 Å². The zero-order valence-corrected chi connectivity index (χ0v) is 22.8. The third kappa shape index (κ3) is 4.20. The first kappa shape index (κ1) is 24.2. The maximum absolute atomic E-state index is 5.20. The van der Waals surface area contributed by atoms with Gasteiger partial charge in [0.25, 0.3) is 0 Å². The topological polar surface area (TPSA) is 38.7 Å². The molecule has 2 aromatic heterocycles. The van der Waals surface area contributed by atoms with Crippen LogP contribution < -0.4 is 0 Å². The molecule has 3 nitrogen and oxygen atoms in total. The molecule has 2 heterocycles. The van der Waals surface area contributed by atoms with E-state index >= 15 is 0 Å². The second kappa shape index (κ2) is 10.1. The molecule has 3 heteroatoms. The number of nitrogens with zero attached hydrogens (tertiary/aromatic N) is 3. The van der Waals surface area contributed by atoms with Crippen LogP contribution in [-0.4, -0.2) is 15.0 Å². The van der Waals surface area contributed by atoms with Crippen LogP contribution in [0.25, 0.3) is 77.6 Å². The van der Waals surface area contributed by atoms with Gasteiger partial charge in [0.2, 0.25) is 0 Å². The van der Waals surface area contributed by atoms with Gasteiger partial charge in [0, 0.05) is 22.1 Å². The third-order valence-corrected chi connectivity index (χ3v) is 7.87. The maximum atomic E-state index is 5.20. The second-order valence-electron chi connectivity index (χ2n) is 10.5. The summed E-state index contributed by atoms with van der Waals surface area (Å²) in [7, 11) is 0. The molecule has 0 aliphatic carbocycles. The van der Waals surface area contributed by atoms with Crippen molar-refractivity contribution in [2.75, 3.05) is 0 Å². The van der Waals surface area contributed by atoms with Gasteiger partial charge in [-0.15, -0.1) is 0 Å². The van der Waals surface area contributed by atoms with E-state index in [2.05, 4.69) is 97.1 Å². The molecule has 0 spiro atoms. The minimum atomic E-state index is 0.685. The predicted octanol–water partition coefficient (Wildman–Crippen LogP) is 10.00. The van der Waals surface area contributed by atoms with E-state index in [0.717, 1.165) is 50.2 Å². The van der Waals surface area contributed by atoms with Crippen molar-refractivity contribution in [3.05, 3.63) is 152 Å². The molecule has 0 N–H and O–H groups in total. The van der Waals surface area contributed by atoms with Crippen LogP contribution >= 0.6 is 0 Å². The maximum Gasteiger partial charge on any atom is 0.161 e. The fourth-order valence-electron chi connectivity index (χ4n) is 5.86. The largest absolute Gasteiger partial charge is 0.246 e. The molecule has 0 aliphatic rings. The smallest absolute Gasteiger partial charge is 0.161 e. The highest BCUT2D eigenvalue weighted by Crippen LogP contribution is 2.38. The normalized spacial score (nSPS) is 11.3. The first-order valence-corrected chi connectivity index (χ1v) is 14.1. The summed E-state index contributed by atoms with van der Waals surface area (Å²) in [6, 6.07) is 52.5. The van der Waals surface area contributed by atoms with Crippen LogP contribution in [0.1, 0.15) is 0 Å². The molecule has 0 saturated heterocycles. The lowest BCUT2D eigenvalue weighted by Gasteiger charge is -2.14. The number of fused-ring (bicyclic) bond motifs is 5. The van der Waals surface area contributed by atoms with Crippen molar-refractivity contribution < 1.29 is 0 Å². The Hall–Kier alpha value is -5.67. The highest BCUT2D eigenvalue weighted by Gasteiger charge is 2.16. The molecule has 0 unspecified atom stereocenters. The molecule has 196 valence electrons. The zero-order valence-electron chi connectivity index (χ0n) is 22.8. The van der Waals surface area contributed by atoms with Gasteiger partial charge >= 0.3 is 0 Å². The molecule has 0 aliphatic heterocycles. The summed E-state index contributed by atoms with van der Waals surface area (Å²) in [5.74, 6) is 0.685. The molecule has 8 aromatic rings. The summed E-state index contributed by atoms with van der Waals surface area (Å²) < 4.78 is 0. The minimum Gasteiger partial charge on any atom is -0.246 e. The first-order chi connectivity index (χ1) is 20.8. The molecule has 0 radical (unpaired) electrons. The fourth-order valence-corrected chi connectivity index (χ4v) is 5.86. The summed E-state index contributed by atoms with van der Waals surface area (Å²) in [5.41, 5.74) is 6.50. The van der Waals surface area contributed by atoms with Gasteiger partial charge in [-0.05, 0) is 45.1 Å². The molecule has 0 bridgehead atoms. The van der Waals surface area contributed by atoms with E-state index in [4.69, 9.17) is 15.0 Å². The Labute approximate surface area is 243 Å². The van der Waals surface area contributed by atoms with E-state index in [9.17, 15) is 0 Å². The molecule has 0 amide bonds. The average Bonchev–Trinajstić information content (AvgIpc) is 3.08. The Morgan fingerprint density at radius 1 is 0.333 bits per heavy atom. The van der Waals surface area contributed by atoms with Crippen LogP contribution in [0, 0.1) is 0 Å². The highest BCUT2D eigenvalue weighted by molar-refractivity contribution is 6.23. The summed E-state index contributed by atoms with van der Waals surface area (Å²) in [6.45, 7) is 0. The fraction of sp³-hybridized carbons (Fsp3) is 0. The third-order valence-electron chi connectivity index (χ3n) is 7.87. The molecule has 8 rings (SSSR count). The molecular weight excluding hydrogens is 510 g/mol. The van der Waals surface area contributed by atoms with Crippen molar-refractivity contribution in [3.63, 3.8) is 0 Å². The molecule has 0 atom stereocenters. The lowest BCUT2D eigenvalue weighted by atomic mass is 9.93. The number of benzene rings is 6. The standard InChI is InChI=1S/C39H25N3/c1-3-12-27(13-4-1)33-19-10-20-34(40-33)36-25-35(28-14-5-2-6-15-28)41-39(42-36)32-18-9-16-29-23-24-30-22-21-26-11-7-8-17-31(26)37(30)38(29)32/h1-25H. The molecule has 6 aromatic carbocycles.